The molecule has 1 amide bonds. The van der Waals surface area contributed by atoms with E-state index in [1.807, 2.05) is 0 Å². The number of aromatic nitrogens is 1. The first-order valence-corrected chi connectivity index (χ1v) is 8.81. The molecule has 0 aliphatic heterocycles. The van der Waals surface area contributed by atoms with E-state index in [1.54, 1.807) is 0 Å². The minimum absolute atomic E-state index is 0.0587. The number of anilines is 2. The van der Waals surface area contributed by atoms with Crippen LogP contribution in [0, 0.1) is 17.8 Å². The summed E-state index contributed by atoms with van der Waals surface area (Å²) < 4.78 is 0. The van der Waals surface area contributed by atoms with Gasteiger partial charge in [-0.15, -0.1) is 0 Å². The third-order valence-corrected chi connectivity index (χ3v) is 6.18. The van der Waals surface area contributed by atoms with Crippen molar-refractivity contribution in [3.63, 3.8) is 0 Å². The van der Waals surface area contributed by atoms with E-state index in [2.05, 4.69) is 15.6 Å². The summed E-state index contributed by atoms with van der Waals surface area (Å²) in [7, 11) is 0. The minimum Gasteiger partial charge on any atom is -0.382 e. The van der Waals surface area contributed by atoms with Gasteiger partial charge in [0.25, 0.3) is 5.91 Å². The van der Waals surface area contributed by atoms with E-state index in [4.69, 9.17) is 5.73 Å². The monoisotopic (exact) mass is 306 g/mol. The largest absolute Gasteiger partial charge is 0.382 e. The van der Waals surface area contributed by atoms with Gasteiger partial charge in [0.2, 0.25) is 0 Å². The number of nitrogens with two attached hydrogens (primary N) is 1. The molecule has 2 bridgehead atoms. The summed E-state index contributed by atoms with van der Waals surface area (Å²) in [6.45, 7) is 0.794. The van der Waals surface area contributed by atoms with Crippen molar-refractivity contribution in [1.29, 1.82) is 0 Å². The normalized spacial score (nSPS) is 30.6. The van der Waals surface area contributed by atoms with Gasteiger partial charge in [-0.1, -0.05) is 17.8 Å². The van der Waals surface area contributed by atoms with Gasteiger partial charge in [0.1, 0.15) is 10.7 Å². The van der Waals surface area contributed by atoms with Crippen molar-refractivity contribution in [2.75, 3.05) is 17.6 Å². The molecule has 0 aromatic carbocycles. The molecular formula is C15H22N4OS. The van der Waals surface area contributed by atoms with Crippen LogP contribution in [-0.4, -0.2) is 23.5 Å². The van der Waals surface area contributed by atoms with Crippen molar-refractivity contribution < 1.29 is 4.79 Å². The second-order valence-corrected chi connectivity index (χ2v) is 7.80. The molecule has 3 aliphatic rings. The molecule has 1 aromatic rings. The molecule has 5 nitrogen and oxygen atoms in total. The summed E-state index contributed by atoms with van der Waals surface area (Å²) >= 11 is 1.37. The Labute approximate surface area is 128 Å². The Hall–Kier alpha value is -1.30. The zero-order valence-electron chi connectivity index (χ0n) is 12.1. The molecule has 21 heavy (non-hydrogen) atoms. The summed E-state index contributed by atoms with van der Waals surface area (Å²) in [5, 5.41) is 7.15. The third-order valence-electron chi connectivity index (χ3n) is 5.17. The zero-order chi connectivity index (χ0) is 14.4. The quantitative estimate of drug-likeness (QED) is 0.780. The summed E-state index contributed by atoms with van der Waals surface area (Å²) in [4.78, 5) is 17.1. The fourth-order valence-electron chi connectivity index (χ4n) is 3.89. The number of nitrogen functional groups attached to an aromatic ring is 1. The molecule has 3 fully saturated rings. The lowest BCUT2D eigenvalue weighted by molar-refractivity contribution is 0.0946. The number of carbonyl (C=O) groups excluding carboxylic acids is 1. The maximum Gasteiger partial charge on any atom is 0.265 e. The number of rotatable bonds is 5. The lowest BCUT2D eigenvalue weighted by atomic mass is 9.89. The van der Waals surface area contributed by atoms with Gasteiger partial charge in [-0.05, 0) is 49.9 Å². The molecule has 1 aromatic heterocycles. The van der Waals surface area contributed by atoms with Crippen LogP contribution in [0.4, 0.5) is 10.9 Å². The number of hydrogen-bond donors (Lipinski definition) is 3. The number of nitrogens with one attached hydrogen (secondary N) is 2. The summed E-state index contributed by atoms with van der Waals surface area (Å²) in [6, 6.07) is 0.528. The number of carbonyl (C=O) groups is 1. The standard InChI is InChI=1S/C15H22N4OS/c16-13-12(21-15(19-13)18-11-3-4-11)14(20)17-7-10-6-8-1-2-9(10)5-8/h8-11H,1-7,16H2,(H,17,20)(H,18,19). The first kappa shape index (κ1) is 13.4. The second-order valence-electron chi connectivity index (χ2n) is 6.80. The highest BCUT2D eigenvalue weighted by molar-refractivity contribution is 7.18. The smallest absolute Gasteiger partial charge is 0.265 e. The van der Waals surface area contributed by atoms with E-state index in [0.29, 0.717) is 22.7 Å². The van der Waals surface area contributed by atoms with E-state index >= 15 is 0 Å². The fraction of sp³-hybridized carbons (Fsp3) is 0.733. The molecule has 114 valence electrons. The number of thiazole rings is 1. The molecule has 4 rings (SSSR count). The molecule has 1 heterocycles. The minimum atomic E-state index is -0.0587. The molecule has 3 unspecified atom stereocenters. The van der Waals surface area contributed by atoms with Crippen molar-refractivity contribution in [2.24, 2.45) is 17.8 Å². The predicted molar refractivity (Wildman–Crippen MR) is 84.4 cm³/mol. The zero-order valence-corrected chi connectivity index (χ0v) is 12.9. The van der Waals surface area contributed by atoms with Crippen molar-refractivity contribution in [2.45, 2.75) is 44.6 Å². The number of nitrogens with zero attached hydrogens (tertiary/aromatic N) is 1. The second kappa shape index (κ2) is 5.16. The fourth-order valence-corrected chi connectivity index (χ4v) is 4.77. The van der Waals surface area contributed by atoms with Gasteiger partial charge < -0.3 is 16.4 Å². The summed E-state index contributed by atoms with van der Waals surface area (Å²) in [5.74, 6) is 2.72. The number of hydrogen-bond acceptors (Lipinski definition) is 5. The van der Waals surface area contributed by atoms with Gasteiger partial charge in [-0.2, -0.15) is 0 Å². The van der Waals surface area contributed by atoms with Gasteiger partial charge in [-0.25, -0.2) is 4.98 Å². The molecule has 0 radical (unpaired) electrons. The summed E-state index contributed by atoms with van der Waals surface area (Å²) in [6.07, 6.45) is 7.78. The Balaban J connectivity index is 1.34. The average Bonchev–Trinajstić information content (AvgIpc) is 2.88. The molecule has 6 heteroatoms. The van der Waals surface area contributed by atoms with Crippen LogP contribution in [0.3, 0.4) is 0 Å². The first-order valence-electron chi connectivity index (χ1n) is 8.00. The van der Waals surface area contributed by atoms with Crippen molar-refractivity contribution in [3.05, 3.63) is 4.88 Å². The highest BCUT2D eigenvalue weighted by Crippen LogP contribution is 2.48. The molecule has 4 N–H and O–H groups in total. The Kier molecular flexibility index (Phi) is 3.28. The molecule has 0 spiro atoms. The predicted octanol–water partition coefficient (Wildman–Crippen LogP) is 2.47. The van der Waals surface area contributed by atoms with Crippen molar-refractivity contribution in [1.82, 2.24) is 10.3 Å². The van der Waals surface area contributed by atoms with Crippen LogP contribution in [0.5, 0.6) is 0 Å². The van der Waals surface area contributed by atoms with Gasteiger partial charge in [-0.3, -0.25) is 4.79 Å². The average molecular weight is 306 g/mol. The highest BCUT2D eigenvalue weighted by atomic mass is 32.1. The molecule has 3 aliphatic carbocycles. The first-order chi connectivity index (χ1) is 10.2. The van der Waals surface area contributed by atoms with Gasteiger partial charge >= 0.3 is 0 Å². The SMILES string of the molecule is Nc1nc(NC2CC2)sc1C(=O)NCC1CC2CCC1C2. The van der Waals surface area contributed by atoms with Crippen LogP contribution >= 0.6 is 11.3 Å². The Bertz CT molecular complexity index is 554. The summed E-state index contributed by atoms with van der Waals surface area (Å²) in [5.41, 5.74) is 5.88. The number of fused-ring (bicyclic) bond motifs is 2. The van der Waals surface area contributed by atoms with Crippen LogP contribution in [0.15, 0.2) is 0 Å². The van der Waals surface area contributed by atoms with Gasteiger partial charge in [0, 0.05) is 12.6 Å². The van der Waals surface area contributed by atoms with E-state index in [9.17, 15) is 4.79 Å². The van der Waals surface area contributed by atoms with Crippen LogP contribution in [0.25, 0.3) is 0 Å². The molecule has 3 saturated carbocycles. The molecular weight excluding hydrogens is 284 g/mol. The van der Waals surface area contributed by atoms with E-state index in [1.165, 1.54) is 49.9 Å². The van der Waals surface area contributed by atoms with Crippen molar-refractivity contribution in [3.8, 4) is 0 Å². The van der Waals surface area contributed by atoms with Crippen LogP contribution < -0.4 is 16.4 Å². The van der Waals surface area contributed by atoms with Crippen LogP contribution in [0.2, 0.25) is 0 Å². The topological polar surface area (TPSA) is 80.0 Å². The number of amides is 1. The maximum atomic E-state index is 12.3. The van der Waals surface area contributed by atoms with Crippen LogP contribution in [-0.2, 0) is 0 Å². The lowest BCUT2D eigenvalue weighted by Gasteiger charge is -2.21. The van der Waals surface area contributed by atoms with Crippen LogP contribution in [0.1, 0.15) is 48.2 Å². The van der Waals surface area contributed by atoms with Gasteiger partial charge in [0.15, 0.2) is 5.13 Å². The lowest BCUT2D eigenvalue weighted by Crippen LogP contribution is -2.31. The molecule has 0 saturated heterocycles. The maximum absolute atomic E-state index is 12.3. The Morgan fingerprint density at radius 3 is 2.81 bits per heavy atom. The van der Waals surface area contributed by atoms with E-state index in [-0.39, 0.29) is 5.91 Å². The van der Waals surface area contributed by atoms with Gasteiger partial charge in [0.05, 0.1) is 0 Å². The van der Waals surface area contributed by atoms with Crippen molar-refractivity contribution >= 4 is 28.2 Å². The third kappa shape index (κ3) is 2.73. The van der Waals surface area contributed by atoms with E-state index in [0.717, 1.165) is 23.5 Å². The Morgan fingerprint density at radius 2 is 2.14 bits per heavy atom. The highest BCUT2D eigenvalue weighted by Gasteiger charge is 2.39. The Morgan fingerprint density at radius 1 is 1.29 bits per heavy atom. The molecule has 3 atom stereocenters. The van der Waals surface area contributed by atoms with E-state index < -0.39 is 0 Å².